The molecule has 0 aliphatic rings. The summed E-state index contributed by atoms with van der Waals surface area (Å²) in [7, 11) is 0. The quantitative estimate of drug-likeness (QED) is 0.720. The Bertz CT molecular complexity index is 299. The summed E-state index contributed by atoms with van der Waals surface area (Å²) in [6.45, 7) is 2.15. The third-order valence-corrected chi connectivity index (χ3v) is 2.05. The van der Waals surface area contributed by atoms with Gasteiger partial charge >= 0.3 is 0 Å². The largest absolute Gasteiger partial charge is 0.508 e. The van der Waals surface area contributed by atoms with Crippen LogP contribution in [0.25, 0.3) is 5.76 Å². The Kier molecular flexibility index (Phi) is 4.20. The molecule has 0 bridgehead atoms. The van der Waals surface area contributed by atoms with Gasteiger partial charge in [-0.05, 0) is 24.5 Å². The van der Waals surface area contributed by atoms with E-state index in [9.17, 15) is 5.11 Å². The van der Waals surface area contributed by atoms with E-state index in [0.29, 0.717) is 12.2 Å². The van der Waals surface area contributed by atoms with E-state index in [1.807, 2.05) is 31.2 Å². The van der Waals surface area contributed by atoms with E-state index in [1.54, 1.807) is 6.08 Å². The van der Waals surface area contributed by atoms with Crippen LogP contribution in [0.15, 0.2) is 30.3 Å². The Morgan fingerprint density at radius 3 is 2.43 bits per heavy atom. The standard InChI is InChI=1S/C12H16O2/c1-2-3-12(14)11-6-4-10(5-7-11)8-9-13/h3-7,13-14H,2,8-9H2,1H3. The minimum atomic E-state index is 0.163. The summed E-state index contributed by atoms with van der Waals surface area (Å²) in [5.41, 5.74) is 1.91. The summed E-state index contributed by atoms with van der Waals surface area (Å²) in [6.07, 6.45) is 3.27. The molecule has 0 spiro atoms. The summed E-state index contributed by atoms with van der Waals surface area (Å²) in [5.74, 6) is 0.322. The van der Waals surface area contributed by atoms with Crippen molar-refractivity contribution in [1.29, 1.82) is 0 Å². The molecule has 14 heavy (non-hydrogen) atoms. The molecule has 2 nitrogen and oxygen atoms in total. The predicted octanol–water partition coefficient (Wildman–Crippen LogP) is 2.53. The zero-order valence-electron chi connectivity index (χ0n) is 8.40. The SMILES string of the molecule is CCC=C(O)c1ccc(CCO)cc1. The van der Waals surface area contributed by atoms with Crippen LogP contribution in [-0.4, -0.2) is 16.8 Å². The Balaban J connectivity index is 2.77. The molecule has 0 radical (unpaired) electrons. The summed E-state index contributed by atoms with van der Waals surface area (Å²) in [6, 6.07) is 7.58. The van der Waals surface area contributed by atoms with Gasteiger partial charge in [0, 0.05) is 12.2 Å². The molecule has 0 aliphatic heterocycles. The molecule has 0 fully saturated rings. The van der Waals surface area contributed by atoms with Crippen molar-refractivity contribution in [2.75, 3.05) is 6.61 Å². The van der Waals surface area contributed by atoms with Gasteiger partial charge in [0.25, 0.3) is 0 Å². The zero-order valence-corrected chi connectivity index (χ0v) is 8.40. The smallest absolute Gasteiger partial charge is 0.118 e. The topological polar surface area (TPSA) is 40.5 Å². The fraction of sp³-hybridized carbons (Fsp3) is 0.333. The average molecular weight is 192 g/mol. The van der Waals surface area contributed by atoms with E-state index in [0.717, 1.165) is 17.5 Å². The second-order valence-corrected chi connectivity index (χ2v) is 3.17. The lowest BCUT2D eigenvalue weighted by atomic mass is 10.1. The van der Waals surface area contributed by atoms with Crippen molar-refractivity contribution in [3.05, 3.63) is 41.5 Å². The lowest BCUT2D eigenvalue weighted by molar-refractivity contribution is 0.299. The highest BCUT2D eigenvalue weighted by Crippen LogP contribution is 2.13. The normalized spacial score (nSPS) is 11.7. The van der Waals surface area contributed by atoms with Gasteiger partial charge in [0.1, 0.15) is 5.76 Å². The number of aliphatic hydroxyl groups is 2. The van der Waals surface area contributed by atoms with Crippen molar-refractivity contribution < 1.29 is 10.2 Å². The van der Waals surface area contributed by atoms with E-state index in [2.05, 4.69) is 0 Å². The third kappa shape index (κ3) is 2.89. The Morgan fingerprint density at radius 2 is 1.93 bits per heavy atom. The number of aliphatic hydroxyl groups excluding tert-OH is 2. The molecule has 0 saturated heterocycles. The van der Waals surface area contributed by atoms with Crippen molar-refractivity contribution in [3.63, 3.8) is 0 Å². The maximum atomic E-state index is 9.55. The van der Waals surface area contributed by atoms with Crippen LogP contribution in [0.4, 0.5) is 0 Å². The van der Waals surface area contributed by atoms with Crippen molar-refractivity contribution in [2.45, 2.75) is 19.8 Å². The third-order valence-electron chi connectivity index (χ3n) is 2.05. The van der Waals surface area contributed by atoms with Crippen molar-refractivity contribution in [1.82, 2.24) is 0 Å². The summed E-state index contributed by atoms with van der Waals surface area (Å²) < 4.78 is 0. The lowest BCUT2D eigenvalue weighted by Gasteiger charge is -2.02. The molecule has 0 aliphatic carbocycles. The van der Waals surface area contributed by atoms with E-state index in [-0.39, 0.29) is 6.61 Å². The number of rotatable bonds is 4. The Hall–Kier alpha value is -1.28. The maximum absolute atomic E-state index is 9.55. The fourth-order valence-corrected chi connectivity index (χ4v) is 1.28. The molecular formula is C12H16O2. The van der Waals surface area contributed by atoms with Gasteiger partial charge in [0.05, 0.1) is 0 Å². The lowest BCUT2D eigenvalue weighted by Crippen LogP contribution is -1.91. The van der Waals surface area contributed by atoms with Gasteiger partial charge in [0.2, 0.25) is 0 Å². The number of allylic oxidation sites excluding steroid dienone is 1. The highest BCUT2D eigenvalue weighted by atomic mass is 16.3. The Morgan fingerprint density at radius 1 is 1.29 bits per heavy atom. The monoisotopic (exact) mass is 192 g/mol. The van der Waals surface area contributed by atoms with Crippen LogP contribution in [0.1, 0.15) is 24.5 Å². The molecule has 0 unspecified atom stereocenters. The number of benzene rings is 1. The van der Waals surface area contributed by atoms with Crippen molar-refractivity contribution >= 4 is 5.76 Å². The number of hydrogen-bond acceptors (Lipinski definition) is 2. The molecule has 0 amide bonds. The van der Waals surface area contributed by atoms with Crippen LogP contribution >= 0.6 is 0 Å². The molecule has 1 aromatic rings. The summed E-state index contributed by atoms with van der Waals surface area (Å²) >= 11 is 0. The van der Waals surface area contributed by atoms with Crippen LogP contribution in [-0.2, 0) is 6.42 Å². The molecule has 2 heteroatoms. The molecule has 0 heterocycles. The minimum Gasteiger partial charge on any atom is -0.508 e. The van der Waals surface area contributed by atoms with Gasteiger partial charge in [-0.15, -0.1) is 0 Å². The second-order valence-electron chi connectivity index (χ2n) is 3.17. The molecular weight excluding hydrogens is 176 g/mol. The molecule has 0 aromatic heterocycles. The minimum absolute atomic E-state index is 0.163. The second kappa shape index (κ2) is 5.45. The van der Waals surface area contributed by atoms with Crippen molar-refractivity contribution in [2.24, 2.45) is 0 Å². The van der Waals surface area contributed by atoms with Gasteiger partial charge in [0.15, 0.2) is 0 Å². The number of hydrogen-bond donors (Lipinski definition) is 2. The van der Waals surface area contributed by atoms with Gasteiger partial charge < -0.3 is 10.2 Å². The zero-order chi connectivity index (χ0) is 10.4. The first-order chi connectivity index (χ1) is 6.77. The molecule has 0 saturated carbocycles. The van der Waals surface area contributed by atoms with Crippen LogP contribution in [0, 0.1) is 0 Å². The highest BCUT2D eigenvalue weighted by molar-refractivity contribution is 5.58. The summed E-state index contributed by atoms with van der Waals surface area (Å²) in [4.78, 5) is 0. The van der Waals surface area contributed by atoms with Gasteiger partial charge in [-0.1, -0.05) is 31.2 Å². The van der Waals surface area contributed by atoms with E-state index in [4.69, 9.17) is 5.11 Å². The van der Waals surface area contributed by atoms with Crippen LogP contribution in [0.3, 0.4) is 0 Å². The van der Waals surface area contributed by atoms with Gasteiger partial charge in [-0.25, -0.2) is 0 Å². The van der Waals surface area contributed by atoms with Gasteiger partial charge in [-0.3, -0.25) is 0 Å². The molecule has 1 aromatic carbocycles. The van der Waals surface area contributed by atoms with Crippen LogP contribution < -0.4 is 0 Å². The molecule has 76 valence electrons. The van der Waals surface area contributed by atoms with Gasteiger partial charge in [-0.2, -0.15) is 0 Å². The first kappa shape index (κ1) is 10.8. The Labute approximate surface area is 84.5 Å². The van der Waals surface area contributed by atoms with E-state index in [1.165, 1.54) is 0 Å². The fourth-order valence-electron chi connectivity index (χ4n) is 1.28. The summed E-state index contributed by atoms with van der Waals surface area (Å²) in [5, 5.41) is 18.3. The highest BCUT2D eigenvalue weighted by Gasteiger charge is 1.97. The first-order valence-corrected chi connectivity index (χ1v) is 4.87. The maximum Gasteiger partial charge on any atom is 0.118 e. The van der Waals surface area contributed by atoms with Crippen LogP contribution in [0.5, 0.6) is 0 Å². The molecule has 1 rings (SSSR count). The first-order valence-electron chi connectivity index (χ1n) is 4.87. The predicted molar refractivity (Wildman–Crippen MR) is 58.1 cm³/mol. The van der Waals surface area contributed by atoms with Crippen LogP contribution in [0.2, 0.25) is 0 Å². The molecule has 2 N–H and O–H groups in total. The van der Waals surface area contributed by atoms with Crippen molar-refractivity contribution in [3.8, 4) is 0 Å². The molecule has 0 atom stereocenters. The average Bonchev–Trinajstić information content (AvgIpc) is 2.20. The van der Waals surface area contributed by atoms with E-state index < -0.39 is 0 Å². The van der Waals surface area contributed by atoms with E-state index >= 15 is 0 Å².